The van der Waals surface area contributed by atoms with Crippen LogP contribution >= 0.6 is 11.6 Å². The van der Waals surface area contributed by atoms with Crippen LogP contribution in [0.3, 0.4) is 0 Å². The third kappa shape index (κ3) is 1.13. The van der Waals surface area contributed by atoms with E-state index >= 15 is 0 Å². The Labute approximate surface area is 90.3 Å². The van der Waals surface area contributed by atoms with E-state index in [-0.39, 0.29) is 0 Å². The number of halogens is 1. The van der Waals surface area contributed by atoms with Gasteiger partial charge < -0.3 is 0 Å². The number of fused-ring (bicyclic) bond motifs is 2. The van der Waals surface area contributed by atoms with E-state index in [4.69, 9.17) is 11.6 Å². The first-order valence-electron chi connectivity index (χ1n) is 5.61. The number of aryl methyl sites for hydroxylation is 2. The lowest BCUT2D eigenvalue weighted by atomic mass is 9.95. The highest BCUT2D eigenvalue weighted by Crippen LogP contribution is 2.35. The minimum absolute atomic E-state index is 0.728. The fourth-order valence-electron chi connectivity index (χ4n) is 3.10. The molecule has 0 spiro atoms. The normalized spacial score (nSPS) is 18.4. The van der Waals surface area contributed by atoms with Crippen LogP contribution in [0, 0.1) is 0 Å². The van der Waals surface area contributed by atoms with E-state index in [1.165, 1.54) is 44.1 Å². The zero-order valence-corrected chi connectivity index (χ0v) is 9.16. The van der Waals surface area contributed by atoms with Crippen LogP contribution in [0.1, 0.15) is 40.7 Å². The molecule has 1 aromatic carbocycles. The Morgan fingerprint density at radius 1 is 0.929 bits per heavy atom. The third-order valence-electron chi connectivity index (χ3n) is 3.73. The van der Waals surface area contributed by atoms with Gasteiger partial charge in [-0.25, -0.2) is 0 Å². The van der Waals surface area contributed by atoms with E-state index < -0.39 is 0 Å². The van der Waals surface area contributed by atoms with Gasteiger partial charge in [-0.2, -0.15) is 0 Å². The second-order valence-corrected chi connectivity index (χ2v) is 4.74. The maximum absolute atomic E-state index is 6.09. The van der Waals surface area contributed by atoms with Crippen LogP contribution < -0.4 is 0 Å². The number of hydrogen-bond acceptors (Lipinski definition) is 0. The van der Waals surface area contributed by atoms with Crippen molar-refractivity contribution in [2.75, 3.05) is 0 Å². The zero-order valence-electron chi connectivity index (χ0n) is 8.41. The summed E-state index contributed by atoms with van der Waals surface area (Å²) in [6, 6.07) is 2.46. The molecule has 0 N–H and O–H groups in total. The molecule has 14 heavy (non-hydrogen) atoms. The molecule has 1 aromatic rings. The molecule has 74 valence electrons. The Balaban J connectivity index is 2.24. The van der Waals surface area contributed by atoms with Crippen molar-refractivity contribution in [2.24, 2.45) is 0 Å². The first-order chi connectivity index (χ1) is 6.90. The summed E-state index contributed by atoms with van der Waals surface area (Å²) >= 11 is 6.09. The molecule has 0 nitrogen and oxygen atoms in total. The first-order valence-corrected chi connectivity index (χ1v) is 6.15. The summed E-state index contributed by atoms with van der Waals surface area (Å²) in [6.45, 7) is 0. The average molecular weight is 207 g/mol. The van der Waals surface area contributed by atoms with Gasteiger partial charge in [-0.1, -0.05) is 6.07 Å². The Morgan fingerprint density at radius 2 is 1.50 bits per heavy atom. The zero-order chi connectivity index (χ0) is 9.54. The van der Waals surface area contributed by atoms with Crippen molar-refractivity contribution in [2.45, 2.75) is 44.4 Å². The minimum atomic E-state index is 0.728. The standard InChI is InChI=1S/C13H15Cl/c14-8-13-11-5-1-3-9(11)7-10-4-2-6-12(10)13/h7H,1-6,8H2. The number of rotatable bonds is 1. The van der Waals surface area contributed by atoms with E-state index in [1.807, 2.05) is 0 Å². The van der Waals surface area contributed by atoms with E-state index in [1.54, 1.807) is 22.3 Å². The van der Waals surface area contributed by atoms with Crippen LogP contribution in [-0.2, 0) is 31.6 Å². The fourth-order valence-corrected chi connectivity index (χ4v) is 3.42. The van der Waals surface area contributed by atoms with Crippen molar-refractivity contribution >= 4 is 11.6 Å². The van der Waals surface area contributed by atoms with Gasteiger partial charge in [0.25, 0.3) is 0 Å². The van der Waals surface area contributed by atoms with Crippen LogP contribution in [-0.4, -0.2) is 0 Å². The highest BCUT2D eigenvalue weighted by Gasteiger charge is 2.22. The van der Waals surface area contributed by atoms with Gasteiger partial charge in [0.1, 0.15) is 0 Å². The fraction of sp³-hybridized carbons (Fsp3) is 0.538. The molecule has 3 rings (SSSR count). The van der Waals surface area contributed by atoms with Gasteiger partial charge in [-0.15, -0.1) is 11.6 Å². The lowest BCUT2D eigenvalue weighted by Crippen LogP contribution is -1.98. The molecule has 0 saturated carbocycles. The van der Waals surface area contributed by atoms with E-state index in [0.29, 0.717) is 0 Å². The molecular weight excluding hydrogens is 192 g/mol. The molecule has 0 aromatic heterocycles. The molecule has 0 radical (unpaired) electrons. The lowest BCUT2D eigenvalue weighted by Gasteiger charge is -2.12. The molecule has 0 heterocycles. The Bertz CT molecular complexity index is 347. The van der Waals surface area contributed by atoms with Crippen molar-refractivity contribution in [1.82, 2.24) is 0 Å². The van der Waals surface area contributed by atoms with Crippen LogP contribution in [0.4, 0.5) is 0 Å². The molecular formula is C13H15Cl. The third-order valence-corrected chi connectivity index (χ3v) is 4.00. The molecule has 1 heteroatoms. The Hall–Kier alpha value is -0.490. The molecule has 0 aliphatic heterocycles. The summed E-state index contributed by atoms with van der Waals surface area (Å²) < 4.78 is 0. The molecule has 0 unspecified atom stereocenters. The topological polar surface area (TPSA) is 0 Å². The predicted molar refractivity (Wildman–Crippen MR) is 60.0 cm³/mol. The Morgan fingerprint density at radius 3 is 2.00 bits per heavy atom. The SMILES string of the molecule is ClCc1c2c(cc3c1CCC3)CCC2. The van der Waals surface area contributed by atoms with Gasteiger partial charge in [-0.3, -0.25) is 0 Å². The maximum Gasteiger partial charge on any atom is 0.0479 e. The molecule has 0 bridgehead atoms. The first kappa shape index (κ1) is 8.79. The van der Waals surface area contributed by atoms with E-state index in [0.717, 1.165) is 5.88 Å². The van der Waals surface area contributed by atoms with Crippen LogP contribution in [0.25, 0.3) is 0 Å². The van der Waals surface area contributed by atoms with Crippen molar-refractivity contribution in [3.8, 4) is 0 Å². The van der Waals surface area contributed by atoms with Gasteiger partial charge >= 0.3 is 0 Å². The van der Waals surface area contributed by atoms with Crippen molar-refractivity contribution < 1.29 is 0 Å². The van der Waals surface area contributed by atoms with Gasteiger partial charge in [0, 0.05) is 5.88 Å². The molecule has 0 saturated heterocycles. The van der Waals surface area contributed by atoms with Gasteiger partial charge in [0.05, 0.1) is 0 Å². The van der Waals surface area contributed by atoms with E-state index in [9.17, 15) is 0 Å². The van der Waals surface area contributed by atoms with Gasteiger partial charge in [0.2, 0.25) is 0 Å². The van der Waals surface area contributed by atoms with Gasteiger partial charge in [-0.05, 0) is 66.3 Å². The van der Waals surface area contributed by atoms with Crippen LogP contribution in [0.15, 0.2) is 6.07 Å². The highest BCUT2D eigenvalue weighted by molar-refractivity contribution is 6.17. The molecule has 2 aliphatic carbocycles. The summed E-state index contributed by atoms with van der Waals surface area (Å²) in [5.41, 5.74) is 7.89. The van der Waals surface area contributed by atoms with Crippen molar-refractivity contribution in [3.63, 3.8) is 0 Å². The summed E-state index contributed by atoms with van der Waals surface area (Å²) in [6.07, 6.45) is 7.78. The largest absolute Gasteiger partial charge is 0.122 e. The smallest absolute Gasteiger partial charge is 0.0479 e. The van der Waals surface area contributed by atoms with Crippen LogP contribution in [0.5, 0.6) is 0 Å². The molecule has 0 amide bonds. The number of hydrogen-bond donors (Lipinski definition) is 0. The quantitative estimate of drug-likeness (QED) is 0.618. The summed E-state index contributed by atoms with van der Waals surface area (Å²) in [5.74, 6) is 0.728. The summed E-state index contributed by atoms with van der Waals surface area (Å²) in [5, 5.41) is 0. The molecule has 0 atom stereocenters. The lowest BCUT2D eigenvalue weighted by molar-refractivity contribution is 0.891. The van der Waals surface area contributed by atoms with Crippen molar-refractivity contribution in [1.29, 1.82) is 0 Å². The summed E-state index contributed by atoms with van der Waals surface area (Å²) in [4.78, 5) is 0. The van der Waals surface area contributed by atoms with E-state index in [2.05, 4.69) is 6.07 Å². The monoisotopic (exact) mass is 206 g/mol. The molecule has 0 fully saturated rings. The summed E-state index contributed by atoms with van der Waals surface area (Å²) in [7, 11) is 0. The predicted octanol–water partition coefficient (Wildman–Crippen LogP) is 3.40. The molecule has 2 aliphatic rings. The minimum Gasteiger partial charge on any atom is -0.122 e. The van der Waals surface area contributed by atoms with Crippen LogP contribution in [0.2, 0.25) is 0 Å². The highest BCUT2D eigenvalue weighted by atomic mass is 35.5. The van der Waals surface area contributed by atoms with Gasteiger partial charge in [0.15, 0.2) is 0 Å². The second-order valence-electron chi connectivity index (χ2n) is 4.47. The van der Waals surface area contributed by atoms with Crippen molar-refractivity contribution in [3.05, 3.63) is 33.9 Å². The average Bonchev–Trinajstić information content (AvgIpc) is 2.80. The maximum atomic E-state index is 6.09. The Kier molecular flexibility index (Phi) is 2.05. The number of alkyl halides is 1. The number of benzene rings is 1. The second kappa shape index (κ2) is 3.27.